The molecule has 0 saturated carbocycles. The second-order valence-corrected chi connectivity index (χ2v) is 5.10. The maximum Gasteiger partial charge on any atom is 0.0701 e. The fraction of sp³-hybridized carbons (Fsp3) is 1.00. The highest BCUT2D eigenvalue weighted by Crippen LogP contribution is 2.14. The summed E-state index contributed by atoms with van der Waals surface area (Å²) in [5, 5.41) is 0. The molecule has 0 radical (unpaired) electrons. The maximum atomic E-state index is 5.78. The molecule has 0 spiro atoms. The molecule has 16 heavy (non-hydrogen) atoms. The average molecular weight is 228 g/mol. The van der Waals surface area contributed by atoms with Gasteiger partial charge in [0.05, 0.1) is 6.10 Å². The zero-order chi connectivity index (χ0) is 11.8. The number of nitrogens with two attached hydrogens (primary N) is 1. The second kappa shape index (κ2) is 8.04. The fourth-order valence-corrected chi connectivity index (χ4v) is 2.51. The quantitative estimate of drug-likeness (QED) is 0.723. The minimum Gasteiger partial charge on any atom is -0.377 e. The molecule has 1 aliphatic rings. The molecule has 1 fully saturated rings. The van der Waals surface area contributed by atoms with Crippen molar-refractivity contribution in [2.75, 3.05) is 33.3 Å². The van der Waals surface area contributed by atoms with Crippen molar-refractivity contribution < 1.29 is 4.74 Å². The van der Waals surface area contributed by atoms with Crippen LogP contribution in [0.2, 0.25) is 0 Å². The monoisotopic (exact) mass is 228 g/mol. The first kappa shape index (κ1) is 13.9. The molecule has 0 bridgehead atoms. The van der Waals surface area contributed by atoms with E-state index >= 15 is 0 Å². The second-order valence-electron chi connectivity index (χ2n) is 5.10. The van der Waals surface area contributed by atoms with E-state index in [0.717, 1.165) is 26.2 Å². The summed E-state index contributed by atoms with van der Waals surface area (Å²) in [5.74, 6) is 0.651. The van der Waals surface area contributed by atoms with E-state index in [1.807, 2.05) is 0 Å². The van der Waals surface area contributed by atoms with Gasteiger partial charge in [0.25, 0.3) is 0 Å². The van der Waals surface area contributed by atoms with Gasteiger partial charge in [0.1, 0.15) is 0 Å². The number of hydrogen-bond acceptors (Lipinski definition) is 3. The SMILES string of the molecule is CCCC(CN)CN(C)CC1CCCCO1. The minimum absolute atomic E-state index is 0.457. The molecule has 2 unspecified atom stereocenters. The molecule has 96 valence electrons. The minimum atomic E-state index is 0.457. The summed E-state index contributed by atoms with van der Waals surface area (Å²) < 4.78 is 5.75. The van der Waals surface area contributed by atoms with Crippen molar-refractivity contribution in [1.82, 2.24) is 4.90 Å². The number of nitrogens with zero attached hydrogens (tertiary/aromatic N) is 1. The summed E-state index contributed by atoms with van der Waals surface area (Å²) in [6, 6.07) is 0. The molecule has 0 amide bonds. The third-order valence-electron chi connectivity index (χ3n) is 3.39. The van der Waals surface area contributed by atoms with Gasteiger partial charge in [-0.25, -0.2) is 0 Å². The third kappa shape index (κ3) is 5.28. The molecule has 1 saturated heterocycles. The summed E-state index contributed by atoms with van der Waals surface area (Å²) in [6.45, 7) is 6.18. The van der Waals surface area contributed by atoms with Gasteiger partial charge in [-0.05, 0) is 45.2 Å². The van der Waals surface area contributed by atoms with Crippen molar-refractivity contribution in [3.63, 3.8) is 0 Å². The number of rotatable bonds is 7. The van der Waals surface area contributed by atoms with Crippen molar-refractivity contribution in [1.29, 1.82) is 0 Å². The van der Waals surface area contributed by atoms with Crippen LogP contribution in [0.25, 0.3) is 0 Å². The van der Waals surface area contributed by atoms with E-state index in [1.165, 1.54) is 32.1 Å². The Labute approximate surface area is 100 Å². The van der Waals surface area contributed by atoms with E-state index in [-0.39, 0.29) is 0 Å². The number of likely N-dealkylation sites (N-methyl/N-ethyl adjacent to an activating group) is 1. The lowest BCUT2D eigenvalue weighted by atomic mass is 10.0. The van der Waals surface area contributed by atoms with Gasteiger partial charge in [-0.3, -0.25) is 0 Å². The van der Waals surface area contributed by atoms with Gasteiger partial charge in [0.15, 0.2) is 0 Å². The summed E-state index contributed by atoms with van der Waals surface area (Å²) in [6.07, 6.45) is 6.72. The highest BCUT2D eigenvalue weighted by Gasteiger charge is 2.17. The Balaban J connectivity index is 2.19. The molecular formula is C13H28N2O. The molecular weight excluding hydrogens is 200 g/mol. The molecule has 2 N–H and O–H groups in total. The van der Waals surface area contributed by atoms with Crippen molar-refractivity contribution in [3.05, 3.63) is 0 Å². The first-order valence-corrected chi connectivity index (χ1v) is 6.76. The largest absolute Gasteiger partial charge is 0.377 e. The Morgan fingerprint density at radius 3 is 2.81 bits per heavy atom. The predicted molar refractivity (Wildman–Crippen MR) is 68.5 cm³/mol. The Kier molecular flexibility index (Phi) is 7.01. The number of ether oxygens (including phenoxy) is 1. The lowest BCUT2D eigenvalue weighted by molar-refractivity contribution is -0.00346. The van der Waals surface area contributed by atoms with Crippen LogP contribution in [-0.4, -0.2) is 44.3 Å². The van der Waals surface area contributed by atoms with Crippen molar-refractivity contribution in [3.8, 4) is 0 Å². The Morgan fingerprint density at radius 1 is 1.44 bits per heavy atom. The summed E-state index contributed by atoms with van der Waals surface area (Å²) >= 11 is 0. The molecule has 1 rings (SSSR count). The molecule has 1 heterocycles. The zero-order valence-corrected chi connectivity index (χ0v) is 11.0. The molecule has 0 aromatic rings. The smallest absolute Gasteiger partial charge is 0.0701 e. The topological polar surface area (TPSA) is 38.5 Å². The van der Waals surface area contributed by atoms with Gasteiger partial charge in [0.2, 0.25) is 0 Å². The molecule has 3 nitrogen and oxygen atoms in total. The first-order chi connectivity index (χ1) is 7.76. The van der Waals surface area contributed by atoms with Crippen LogP contribution < -0.4 is 5.73 Å². The Hall–Kier alpha value is -0.120. The molecule has 0 aromatic heterocycles. The van der Waals surface area contributed by atoms with Gasteiger partial charge >= 0.3 is 0 Å². The van der Waals surface area contributed by atoms with Crippen LogP contribution in [0, 0.1) is 5.92 Å². The number of hydrogen-bond donors (Lipinski definition) is 1. The van der Waals surface area contributed by atoms with Crippen LogP contribution in [0.5, 0.6) is 0 Å². The predicted octanol–water partition coefficient (Wildman–Crippen LogP) is 1.86. The van der Waals surface area contributed by atoms with E-state index in [2.05, 4.69) is 18.9 Å². The van der Waals surface area contributed by atoms with Gasteiger partial charge in [-0.2, -0.15) is 0 Å². The summed E-state index contributed by atoms with van der Waals surface area (Å²) in [5.41, 5.74) is 5.78. The van der Waals surface area contributed by atoms with Crippen LogP contribution in [0.4, 0.5) is 0 Å². The van der Waals surface area contributed by atoms with Crippen LogP contribution in [-0.2, 0) is 4.74 Å². The van der Waals surface area contributed by atoms with E-state index < -0.39 is 0 Å². The lowest BCUT2D eigenvalue weighted by Gasteiger charge is -2.29. The van der Waals surface area contributed by atoms with Gasteiger partial charge in [-0.15, -0.1) is 0 Å². The van der Waals surface area contributed by atoms with E-state index in [4.69, 9.17) is 10.5 Å². The van der Waals surface area contributed by atoms with E-state index in [9.17, 15) is 0 Å². The molecule has 2 atom stereocenters. The molecule has 1 aliphatic heterocycles. The van der Waals surface area contributed by atoms with Crippen molar-refractivity contribution >= 4 is 0 Å². The molecule has 3 heteroatoms. The maximum absolute atomic E-state index is 5.78. The Morgan fingerprint density at radius 2 is 2.25 bits per heavy atom. The highest BCUT2D eigenvalue weighted by molar-refractivity contribution is 4.70. The summed E-state index contributed by atoms with van der Waals surface area (Å²) in [4.78, 5) is 2.39. The Bertz CT molecular complexity index is 163. The van der Waals surface area contributed by atoms with Crippen LogP contribution in [0.3, 0.4) is 0 Å². The standard InChI is InChI=1S/C13H28N2O/c1-3-6-12(9-14)10-15(2)11-13-7-4-5-8-16-13/h12-13H,3-11,14H2,1-2H3. The van der Waals surface area contributed by atoms with Crippen LogP contribution in [0.15, 0.2) is 0 Å². The third-order valence-corrected chi connectivity index (χ3v) is 3.39. The van der Waals surface area contributed by atoms with Gasteiger partial charge in [-0.1, -0.05) is 13.3 Å². The lowest BCUT2D eigenvalue weighted by Crippen LogP contribution is -2.37. The van der Waals surface area contributed by atoms with Crippen LogP contribution >= 0.6 is 0 Å². The van der Waals surface area contributed by atoms with E-state index in [0.29, 0.717) is 12.0 Å². The first-order valence-electron chi connectivity index (χ1n) is 6.76. The van der Waals surface area contributed by atoms with Crippen LogP contribution in [0.1, 0.15) is 39.0 Å². The van der Waals surface area contributed by atoms with Crippen molar-refractivity contribution in [2.45, 2.75) is 45.1 Å². The van der Waals surface area contributed by atoms with Gasteiger partial charge in [0, 0.05) is 19.7 Å². The molecule has 0 aromatic carbocycles. The zero-order valence-electron chi connectivity index (χ0n) is 11.0. The van der Waals surface area contributed by atoms with E-state index in [1.54, 1.807) is 0 Å². The van der Waals surface area contributed by atoms with Crippen molar-refractivity contribution in [2.24, 2.45) is 11.7 Å². The normalized spacial score (nSPS) is 23.6. The summed E-state index contributed by atoms with van der Waals surface area (Å²) in [7, 11) is 2.19. The molecule has 0 aliphatic carbocycles. The fourth-order valence-electron chi connectivity index (χ4n) is 2.51. The highest BCUT2D eigenvalue weighted by atomic mass is 16.5. The average Bonchev–Trinajstić information content (AvgIpc) is 2.29. The van der Waals surface area contributed by atoms with Gasteiger partial charge < -0.3 is 15.4 Å².